The van der Waals surface area contributed by atoms with E-state index >= 15 is 0 Å². The topological polar surface area (TPSA) is 68.5 Å². The first-order chi connectivity index (χ1) is 12.6. The van der Waals surface area contributed by atoms with Crippen LogP contribution in [-0.4, -0.2) is 10.9 Å². The predicted octanol–water partition coefficient (Wildman–Crippen LogP) is 3.98. The molecule has 1 aromatic heterocycles. The number of pyridine rings is 1. The zero-order chi connectivity index (χ0) is 18.1. The van der Waals surface area contributed by atoms with Crippen molar-refractivity contribution < 1.29 is 9.53 Å². The normalized spacial score (nSPS) is 16.1. The van der Waals surface area contributed by atoms with Gasteiger partial charge in [0.15, 0.2) is 11.6 Å². The molecule has 0 spiro atoms. The van der Waals surface area contributed by atoms with Crippen LogP contribution in [0.1, 0.15) is 17.2 Å². The summed E-state index contributed by atoms with van der Waals surface area (Å²) in [6, 6.07) is 20.2. The van der Waals surface area contributed by atoms with Crippen LogP contribution in [0.3, 0.4) is 0 Å². The molecule has 2 aromatic carbocycles. The van der Waals surface area contributed by atoms with E-state index in [1.54, 1.807) is 23.1 Å². The molecule has 0 aliphatic carbocycles. The van der Waals surface area contributed by atoms with E-state index in [0.717, 1.165) is 11.1 Å². The largest absolute Gasteiger partial charge is 0.472 e. The fourth-order valence-corrected chi connectivity index (χ4v) is 3.18. The van der Waals surface area contributed by atoms with Gasteiger partial charge in [-0.15, -0.1) is 0 Å². The summed E-state index contributed by atoms with van der Waals surface area (Å²) in [5, 5.41) is 0.614. The molecule has 1 unspecified atom stereocenters. The van der Waals surface area contributed by atoms with Gasteiger partial charge in [0.2, 0.25) is 6.10 Å². The number of ether oxygens (including phenoxy) is 1. The molecule has 26 heavy (non-hydrogen) atoms. The fraction of sp³-hybridized carbons (Fsp3) is 0.100. The second-order valence-corrected chi connectivity index (χ2v) is 6.46. The molecule has 1 amide bonds. The monoisotopic (exact) mass is 365 g/mol. The molecule has 0 bridgehead atoms. The van der Waals surface area contributed by atoms with Gasteiger partial charge in [-0.2, -0.15) is 0 Å². The van der Waals surface area contributed by atoms with Gasteiger partial charge in [0.25, 0.3) is 5.91 Å². The Morgan fingerprint density at radius 2 is 1.88 bits per heavy atom. The Bertz CT molecular complexity index is 962. The zero-order valence-corrected chi connectivity index (χ0v) is 14.6. The number of halogens is 1. The molecule has 1 atom stereocenters. The van der Waals surface area contributed by atoms with Gasteiger partial charge in [-0.1, -0.05) is 54.1 Å². The van der Waals surface area contributed by atoms with E-state index in [1.807, 2.05) is 48.5 Å². The molecule has 2 heterocycles. The van der Waals surface area contributed by atoms with Crippen LogP contribution < -0.4 is 15.4 Å². The smallest absolute Gasteiger partial charge is 0.274 e. The van der Waals surface area contributed by atoms with Crippen molar-refractivity contribution in [3.8, 4) is 5.75 Å². The number of fused-ring (bicyclic) bond motifs is 1. The van der Waals surface area contributed by atoms with Crippen LogP contribution >= 0.6 is 11.6 Å². The lowest BCUT2D eigenvalue weighted by Crippen LogP contribution is -2.41. The maximum Gasteiger partial charge on any atom is 0.274 e. The molecule has 0 saturated carbocycles. The molecule has 1 aliphatic heterocycles. The molecule has 0 saturated heterocycles. The van der Waals surface area contributed by atoms with Crippen LogP contribution in [0.2, 0.25) is 5.02 Å². The summed E-state index contributed by atoms with van der Waals surface area (Å²) in [5.74, 6) is 1.08. The van der Waals surface area contributed by atoms with Crippen molar-refractivity contribution in [2.45, 2.75) is 12.6 Å². The average Bonchev–Trinajstić information content (AvgIpc) is 2.65. The highest BCUT2D eigenvalue weighted by atomic mass is 35.5. The molecular formula is C20H16ClN3O2. The minimum absolute atomic E-state index is 0.193. The number of nitrogen functional groups attached to an aromatic ring is 1. The van der Waals surface area contributed by atoms with Gasteiger partial charge in [0.05, 0.1) is 6.54 Å². The van der Waals surface area contributed by atoms with E-state index in [4.69, 9.17) is 22.1 Å². The molecular weight excluding hydrogens is 350 g/mol. The Morgan fingerprint density at radius 3 is 2.65 bits per heavy atom. The maximum atomic E-state index is 13.2. The van der Waals surface area contributed by atoms with Crippen LogP contribution in [0.5, 0.6) is 5.75 Å². The van der Waals surface area contributed by atoms with Crippen molar-refractivity contribution >= 4 is 29.1 Å². The molecule has 130 valence electrons. The molecule has 3 aromatic rings. The van der Waals surface area contributed by atoms with E-state index in [2.05, 4.69) is 4.98 Å². The summed E-state index contributed by atoms with van der Waals surface area (Å²) < 4.78 is 5.94. The number of hydrogen-bond donors (Lipinski definition) is 1. The number of amides is 1. The van der Waals surface area contributed by atoms with E-state index in [-0.39, 0.29) is 5.91 Å². The number of aromatic nitrogens is 1. The van der Waals surface area contributed by atoms with Crippen LogP contribution in [0.25, 0.3) is 0 Å². The summed E-state index contributed by atoms with van der Waals surface area (Å²) in [6.45, 7) is 0.329. The quantitative estimate of drug-likeness (QED) is 0.762. The maximum absolute atomic E-state index is 13.2. The van der Waals surface area contributed by atoms with Crippen molar-refractivity contribution in [1.29, 1.82) is 0 Å². The van der Waals surface area contributed by atoms with Gasteiger partial charge in [-0.25, -0.2) is 4.98 Å². The second-order valence-electron chi connectivity index (χ2n) is 6.02. The van der Waals surface area contributed by atoms with Crippen molar-refractivity contribution in [2.24, 2.45) is 0 Å². The third-order valence-corrected chi connectivity index (χ3v) is 4.42. The number of nitrogens with zero attached hydrogens (tertiary/aromatic N) is 2. The van der Waals surface area contributed by atoms with E-state index in [0.29, 0.717) is 29.0 Å². The predicted molar refractivity (Wildman–Crippen MR) is 101 cm³/mol. The summed E-state index contributed by atoms with van der Waals surface area (Å²) in [7, 11) is 0. The number of nitrogens with two attached hydrogens (primary N) is 1. The highest BCUT2D eigenvalue weighted by molar-refractivity contribution is 6.30. The van der Waals surface area contributed by atoms with E-state index < -0.39 is 6.10 Å². The Kier molecular flexibility index (Phi) is 4.22. The number of rotatable bonds is 3. The number of carbonyl (C=O) groups is 1. The Morgan fingerprint density at radius 1 is 1.08 bits per heavy atom. The highest BCUT2D eigenvalue weighted by Gasteiger charge is 2.36. The minimum Gasteiger partial charge on any atom is -0.472 e. The molecule has 0 fully saturated rings. The molecule has 0 radical (unpaired) electrons. The number of hydrogen-bond acceptors (Lipinski definition) is 4. The Balaban J connectivity index is 1.77. The van der Waals surface area contributed by atoms with Gasteiger partial charge in [-0.3, -0.25) is 9.69 Å². The molecule has 2 N–H and O–H groups in total. The summed E-state index contributed by atoms with van der Waals surface area (Å²) in [6.07, 6.45) is -0.728. The van der Waals surface area contributed by atoms with E-state index in [1.165, 1.54) is 0 Å². The minimum atomic E-state index is -0.728. The van der Waals surface area contributed by atoms with Crippen molar-refractivity contribution in [1.82, 2.24) is 4.98 Å². The van der Waals surface area contributed by atoms with Gasteiger partial charge >= 0.3 is 0 Å². The third-order valence-electron chi connectivity index (χ3n) is 4.18. The highest BCUT2D eigenvalue weighted by Crippen LogP contribution is 2.38. The van der Waals surface area contributed by atoms with Crippen molar-refractivity contribution in [3.05, 3.63) is 82.9 Å². The zero-order valence-electron chi connectivity index (χ0n) is 13.8. The summed E-state index contributed by atoms with van der Waals surface area (Å²) in [5.41, 5.74) is 7.51. The lowest BCUT2D eigenvalue weighted by atomic mass is 10.1. The SMILES string of the molecule is Nc1ccc2c(n1)N(Cc1cccc(Cl)c1)C(=O)C(c1ccccc1)O2. The molecule has 1 aliphatic rings. The number of anilines is 2. The van der Waals surface area contributed by atoms with Gasteiger partial charge in [-0.05, 0) is 29.8 Å². The van der Waals surface area contributed by atoms with E-state index in [9.17, 15) is 4.79 Å². The van der Waals surface area contributed by atoms with Crippen molar-refractivity contribution in [2.75, 3.05) is 10.6 Å². The first-order valence-corrected chi connectivity index (χ1v) is 8.53. The first kappa shape index (κ1) is 16.4. The Hall–Kier alpha value is -3.05. The van der Waals surface area contributed by atoms with Crippen LogP contribution in [0.15, 0.2) is 66.7 Å². The van der Waals surface area contributed by atoms with Gasteiger partial charge < -0.3 is 10.5 Å². The van der Waals surface area contributed by atoms with Crippen LogP contribution in [0.4, 0.5) is 11.6 Å². The molecule has 6 heteroatoms. The van der Waals surface area contributed by atoms with Crippen LogP contribution in [-0.2, 0) is 11.3 Å². The molecule has 5 nitrogen and oxygen atoms in total. The van der Waals surface area contributed by atoms with Gasteiger partial charge in [0, 0.05) is 10.6 Å². The standard InChI is InChI=1S/C20H16ClN3O2/c21-15-8-4-5-13(11-15)12-24-19-16(9-10-17(22)23-19)26-18(20(24)25)14-6-2-1-3-7-14/h1-11,18H,12H2,(H2,22,23). The summed E-state index contributed by atoms with van der Waals surface area (Å²) in [4.78, 5) is 19.1. The average molecular weight is 366 g/mol. The number of carbonyl (C=O) groups excluding carboxylic acids is 1. The second kappa shape index (κ2) is 6.69. The Labute approximate surface area is 156 Å². The van der Waals surface area contributed by atoms with Crippen LogP contribution in [0, 0.1) is 0 Å². The lowest BCUT2D eigenvalue weighted by Gasteiger charge is -2.33. The summed E-state index contributed by atoms with van der Waals surface area (Å²) >= 11 is 6.09. The first-order valence-electron chi connectivity index (χ1n) is 8.16. The van der Waals surface area contributed by atoms with Gasteiger partial charge in [0.1, 0.15) is 5.82 Å². The third kappa shape index (κ3) is 3.09. The lowest BCUT2D eigenvalue weighted by molar-refractivity contribution is -0.126. The fourth-order valence-electron chi connectivity index (χ4n) is 2.97. The number of benzene rings is 2. The van der Waals surface area contributed by atoms with Crippen molar-refractivity contribution in [3.63, 3.8) is 0 Å². The molecule has 4 rings (SSSR count).